The summed E-state index contributed by atoms with van der Waals surface area (Å²) < 4.78 is 2.20. The van der Waals surface area contributed by atoms with Crippen molar-refractivity contribution in [3.63, 3.8) is 0 Å². The second-order valence-electron chi connectivity index (χ2n) is 3.56. The van der Waals surface area contributed by atoms with E-state index >= 15 is 0 Å². The Balaban J connectivity index is 2.50. The Morgan fingerprint density at radius 3 is 3.00 bits per heavy atom. The van der Waals surface area contributed by atoms with Crippen LogP contribution in [0.2, 0.25) is 0 Å². The largest absolute Gasteiger partial charge is 0.369 e. The summed E-state index contributed by atoms with van der Waals surface area (Å²) in [7, 11) is 3.72. The van der Waals surface area contributed by atoms with Gasteiger partial charge in [0.15, 0.2) is 0 Å². The van der Waals surface area contributed by atoms with Crippen LogP contribution in [0.5, 0.6) is 0 Å². The number of halogens is 1. The molecule has 7 heteroatoms. The number of aromatic nitrogens is 3. The van der Waals surface area contributed by atoms with Crippen LogP contribution < -0.4 is 0 Å². The SMILES string of the molecule is CN(C)C=Nc1ncc2cc(C#N)c(Br)n2n1. The summed E-state index contributed by atoms with van der Waals surface area (Å²) in [6.45, 7) is 0. The molecule has 0 aliphatic heterocycles. The summed E-state index contributed by atoms with van der Waals surface area (Å²) in [5, 5.41) is 13.1. The Bertz CT molecular complexity index is 621. The molecule has 2 aromatic heterocycles. The molecule has 0 amide bonds. The van der Waals surface area contributed by atoms with Crippen molar-refractivity contribution >= 4 is 33.7 Å². The fourth-order valence-corrected chi connectivity index (χ4v) is 1.72. The zero-order valence-electron chi connectivity index (χ0n) is 9.29. The van der Waals surface area contributed by atoms with Crippen molar-refractivity contribution in [3.05, 3.63) is 22.4 Å². The number of hydrogen-bond acceptors (Lipinski definition) is 4. The third kappa shape index (κ3) is 2.26. The van der Waals surface area contributed by atoms with Crippen molar-refractivity contribution in [2.24, 2.45) is 4.99 Å². The highest BCUT2D eigenvalue weighted by atomic mass is 79.9. The standard InChI is InChI=1S/C10H9BrN6/c1-16(2)6-14-10-13-5-8-3-7(4-12)9(11)17(8)15-10/h3,5-6H,1-2H3. The van der Waals surface area contributed by atoms with Crippen LogP contribution in [-0.2, 0) is 0 Å². The molecule has 0 aromatic carbocycles. The van der Waals surface area contributed by atoms with Gasteiger partial charge in [-0.25, -0.2) is 14.5 Å². The van der Waals surface area contributed by atoms with E-state index in [1.807, 2.05) is 14.1 Å². The van der Waals surface area contributed by atoms with Crippen molar-refractivity contribution in [1.82, 2.24) is 19.5 Å². The summed E-state index contributed by atoms with van der Waals surface area (Å²) >= 11 is 3.31. The molecular formula is C10H9BrN6. The van der Waals surface area contributed by atoms with Crippen LogP contribution in [-0.4, -0.2) is 39.9 Å². The maximum atomic E-state index is 8.89. The van der Waals surface area contributed by atoms with E-state index in [1.165, 1.54) is 0 Å². The average Bonchev–Trinajstić information content (AvgIpc) is 2.63. The van der Waals surface area contributed by atoms with Crippen molar-refractivity contribution in [1.29, 1.82) is 5.26 Å². The topological polar surface area (TPSA) is 69.6 Å². The third-order valence-electron chi connectivity index (χ3n) is 1.97. The highest BCUT2D eigenvalue weighted by molar-refractivity contribution is 9.10. The minimum atomic E-state index is 0.340. The van der Waals surface area contributed by atoms with Crippen LogP contribution in [0, 0.1) is 11.3 Å². The lowest BCUT2D eigenvalue weighted by atomic mass is 10.4. The Hall–Kier alpha value is -1.94. The molecule has 2 heterocycles. The predicted octanol–water partition coefficient (Wildman–Crippen LogP) is 1.58. The van der Waals surface area contributed by atoms with Gasteiger partial charge < -0.3 is 4.90 Å². The summed E-state index contributed by atoms with van der Waals surface area (Å²) in [4.78, 5) is 9.96. The molecule has 0 saturated carbocycles. The van der Waals surface area contributed by atoms with Gasteiger partial charge in [-0.2, -0.15) is 5.26 Å². The van der Waals surface area contributed by atoms with E-state index in [1.54, 1.807) is 28.0 Å². The molecule has 86 valence electrons. The number of hydrogen-bond donors (Lipinski definition) is 0. The zero-order chi connectivity index (χ0) is 12.4. The minimum absolute atomic E-state index is 0.340. The Morgan fingerprint density at radius 1 is 1.59 bits per heavy atom. The highest BCUT2D eigenvalue weighted by Crippen LogP contribution is 2.20. The predicted molar refractivity (Wildman–Crippen MR) is 67.2 cm³/mol. The third-order valence-corrected chi connectivity index (χ3v) is 2.73. The molecule has 2 rings (SSSR count). The highest BCUT2D eigenvalue weighted by Gasteiger charge is 2.08. The Kier molecular flexibility index (Phi) is 3.06. The van der Waals surface area contributed by atoms with E-state index < -0.39 is 0 Å². The number of rotatable bonds is 2. The summed E-state index contributed by atoms with van der Waals surface area (Å²) in [6.07, 6.45) is 3.24. The van der Waals surface area contributed by atoms with Gasteiger partial charge in [0, 0.05) is 14.1 Å². The quantitative estimate of drug-likeness (QED) is 0.622. The molecule has 0 aliphatic rings. The lowest BCUT2D eigenvalue weighted by Gasteiger charge is -2.01. The first-order chi connectivity index (χ1) is 8.11. The molecule has 0 unspecified atom stereocenters. The van der Waals surface area contributed by atoms with Gasteiger partial charge in [-0.1, -0.05) is 0 Å². The molecule has 0 spiro atoms. The van der Waals surface area contributed by atoms with Gasteiger partial charge in [0.1, 0.15) is 10.7 Å². The fraction of sp³-hybridized carbons (Fsp3) is 0.200. The van der Waals surface area contributed by atoms with Crippen molar-refractivity contribution < 1.29 is 0 Å². The molecule has 6 nitrogen and oxygen atoms in total. The molecule has 0 atom stereocenters. The van der Waals surface area contributed by atoms with Gasteiger partial charge in [-0.05, 0) is 22.0 Å². The monoisotopic (exact) mass is 292 g/mol. The maximum Gasteiger partial charge on any atom is 0.268 e. The number of nitrogens with zero attached hydrogens (tertiary/aromatic N) is 6. The van der Waals surface area contributed by atoms with Crippen molar-refractivity contribution in [3.8, 4) is 6.07 Å². The van der Waals surface area contributed by atoms with Crippen LogP contribution in [0.15, 0.2) is 21.9 Å². The van der Waals surface area contributed by atoms with E-state index in [4.69, 9.17) is 5.26 Å². The van der Waals surface area contributed by atoms with Crippen LogP contribution in [0.25, 0.3) is 5.52 Å². The molecule has 0 saturated heterocycles. The van der Waals surface area contributed by atoms with Gasteiger partial charge in [-0.15, -0.1) is 5.10 Å². The van der Waals surface area contributed by atoms with E-state index in [2.05, 4.69) is 37.1 Å². The van der Waals surface area contributed by atoms with Gasteiger partial charge >= 0.3 is 0 Å². The molecule has 0 N–H and O–H groups in total. The first-order valence-electron chi connectivity index (χ1n) is 4.77. The average molecular weight is 293 g/mol. The number of fused-ring (bicyclic) bond motifs is 1. The summed E-state index contributed by atoms with van der Waals surface area (Å²) in [5.41, 5.74) is 1.27. The maximum absolute atomic E-state index is 8.89. The van der Waals surface area contributed by atoms with Gasteiger partial charge in [0.25, 0.3) is 5.95 Å². The van der Waals surface area contributed by atoms with Crippen LogP contribution >= 0.6 is 15.9 Å². The molecule has 0 bridgehead atoms. The molecule has 0 radical (unpaired) electrons. The van der Waals surface area contributed by atoms with Crippen LogP contribution in [0.3, 0.4) is 0 Å². The lowest BCUT2D eigenvalue weighted by molar-refractivity contribution is 0.642. The fourth-order valence-electron chi connectivity index (χ4n) is 1.23. The first-order valence-corrected chi connectivity index (χ1v) is 5.56. The first kappa shape index (κ1) is 11.5. The van der Waals surface area contributed by atoms with Crippen molar-refractivity contribution in [2.45, 2.75) is 0 Å². The smallest absolute Gasteiger partial charge is 0.268 e. The minimum Gasteiger partial charge on any atom is -0.369 e. The second kappa shape index (κ2) is 4.51. The Morgan fingerprint density at radius 2 is 2.35 bits per heavy atom. The molecule has 0 fully saturated rings. The van der Waals surface area contributed by atoms with Crippen LogP contribution in [0.1, 0.15) is 5.56 Å². The van der Waals surface area contributed by atoms with Gasteiger partial charge in [-0.3, -0.25) is 0 Å². The van der Waals surface area contributed by atoms with Gasteiger partial charge in [0.2, 0.25) is 0 Å². The molecule has 17 heavy (non-hydrogen) atoms. The Labute approximate surface area is 106 Å². The van der Waals surface area contributed by atoms with E-state index in [9.17, 15) is 0 Å². The molecule has 0 aliphatic carbocycles. The molecule has 2 aromatic rings. The zero-order valence-corrected chi connectivity index (χ0v) is 10.9. The summed E-state index contributed by atoms with van der Waals surface area (Å²) in [5.74, 6) is 0.340. The van der Waals surface area contributed by atoms with E-state index in [0.717, 1.165) is 5.52 Å². The van der Waals surface area contributed by atoms with Crippen molar-refractivity contribution in [2.75, 3.05) is 14.1 Å². The summed E-state index contributed by atoms with van der Waals surface area (Å²) in [6, 6.07) is 3.78. The normalized spacial score (nSPS) is 10.9. The molecular weight excluding hydrogens is 284 g/mol. The number of aliphatic imine (C=N–C) groups is 1. The van der Waals surface area contributed by atoms with Gasteiger partial charge in [0.05, 0.1) is 23.6 Å². The van der Waals surface area contributed by atoms with E-state index in [0.29, 0.717) is 16.1 Å². The lowest BCUT2D eigenvalue weighted by Crippen LogP contribution is -2.07. The number of nitriles is 1. The second-order valence-corrected chi connectivity index (χ2v) is 4.31. The van der Waals surface area contributed by atoms with E-state index in [-0.39, 0.29) is 0 Å². The van der Waals surface area contributed by atoms with Crippen LogP contribution in [0.4, 0.5) is 5.95 Å².